The van der Waals surface area contributed by atoms with Gasteiger partial charge in [-0.3, -0.25) is 14.8 Å². The van der Waals surface area contributed by atoms with Gasteiger partial charge >= 0.3 is 0 Å². The molecule has 3 aromatic rings. The van der Waals surface area contributed by atoms with Crippen LogP contribution in [0.1, 0.15) is 55.6 Å². The summed E-state index contributed by atoms with van der Waals surface area (Å²) in [5, 5.41) is 0.983. The number of nitrogens with one attached hydrogen (secondary N) is 1. The summed E-state index contributed by atoms with van der Waals surface area (Å²) in [6, 6.07) is 3.54. The highest BCUT2D eigenvalue weighted by Crippen LogP contribution is 2.34. The van der Waals surface area contributed by atoms with Crippen molar-refractivity contribution in [3.05, 3.63) is 52.3 Å². The Kier molecular flexibility index (Phi) is 6.31. The van der Waals surface area contributed by atoms with Crippen molar-refractivity contribution in [3.8, 4) is 0 Å². The van der Waals surface area contributed by atoms with Gasteiger partial charge in [0.25, 0.3) is 0 Å². The Morgan fingerprint density at radius 3 is 2.69 bits per heavy atom. The lowest BCUT2D eigenvalue weighted by molar-refractivity contribution is -0.132. The number of aromatic nitrogens is 4. The maximum absolute atomic E-state index is 13.1. The largest absolute Gasteiger partial charge is 0.340 e. The van der Waals surface area contributed by atoms with Crippen LogP contribution in [0.5, 0.6) is 0 Å². The van der Waals surface area contributed by atoms with Crippen LogP contribution in [0.3, 0.4) is 0 Å². The molecule has 2 aliphatic heterocycles. The Bertz CT molecular complexity index is 1060. The lowest BCUT2D eigenvalue weighted by Crippen LogP contribution is -2.38. The van der Waals surface area contributed by atoms with E-state index in [1.165, 1.54) is 0 Å². The first kappa shape index (κ1) is 21.6. The van der Waals surface area contributed by atoms with Crippen molar-refractivity contribution >= 4 is 40.1 Å². The van der Waals surface area contributed by atoms with Gasteiger partial charge in [0, 0.05) is 44.0 Å². The Labute approximate surface area is 197 Å². The van der Waals surface area contributed by atoms with E-state index in [9.17, 15) is 4.79 Å². The molecule has 2 fully saturated rings. The molecule has 9 heteroatoms. The van der Waals surface area contributed by atoms with Crippen molar-refractivity contribution in [1.29, 1.82) is 0 Å². The third kappa shape index (κ3) is 4.47. The summed E-state index contributed by atoms with van der Waals surface area (Å²) in [6.07, 6.45) is 9.90. The maximum Gasteiger partial charge on any atom is 0.224 e. The van der Waals surface area contributed by atoms with Gasteiger partial charge in [0.15, 0.2) is 0 Å². The minimum atomic E-state index is -0.0187. The van der Waals surface area contributed by atoms with Crippen molar-refractivity contribution in [1.82, 2.24) is 29.7 Å². The van der Waals surface area contributed by atoms with Crippen LogP contribution >= 0.6 is 23.2 Å². The smallest absolute Gasteiger partial charge is 0.224 e. The zero-order valence-electron chi connectivity index (χ0n) is 17.8. The first-order chi connectivity index (χ1) is 15.6. The van der Waals surface area contributed by atoms with Gasteiger partial charge in [-0.2, -0.15) is 0 Å². The number of H-pyrrole nitrogens is 1. The highest BCUT2D eigenvalue weighted by atomic mass is 35.5. The van der Waals surface area contributed by atoms with Crippen LogP contribution in [-0.4, -0.2) is 61.8 Å². The molecule has 0 radical (unpaired) electrons. The lowest BCUT2D eigenvalue weighted by atomic mass is 9.94. The van der Waals surface area contributed by atoms with Gasteiger partial charge in [-0.1, -0.05) is 23.2 Å². The van der Waals surface area contributed by atoms with E-state index in [1.807, 2.05) is 11.1 Å². The van der Waals surface area contributed by atoms with Crippen molar-refractivity contribution in [2.24, 2.45) is 0 Å². The molecule has 2 saturated heterocycles. The van der Waals surface area contributed by atoms with E-state index in [1.54, 1.807) is 24.5 Å². The molecule has 0 unspecified atom stereocenters. The fourth-order valence-corrected chi connectivity index (χ4v) is 5.22. The number of nitrogens with zero attached hydrogens (tertiary/aromatic N) is 5. The fourth-order valence-electron chi connectivity index (χ4n) is 4.90. The molecule has 1 N–H and O–H groups in total. The molecular formula is C23H26Cl2N6O. The normalized spacial score (nSPS) is 20.3. The third-order valence-electron chi connectivity index (χ3n) is 6.66. The molecule has 168 valence electrons. The van der Waals surface area contributed by atoms with Gasteiger partial charge in [0.1, 0.15) is 5.82 Å². The van der Waals surface area contributed by atoms with Crippen LogP contribution in [0.15, 0.2) is 30.7 Å². The van der Waals surface area contributed by atoms with Crippen molar-refractivity contribution in [2.45, 2.75) is 44.1 Å². The number of fused-ring (bicyclic) bond motifs is 1. The second-order valence-electron chi connectivity index (χ2n) is 8.65. The lowest BCUT2D eigenvalue weighted by Gasteiger charge is -2.32. The van der Waals surface area contributed by atoms with Crippen LogP contribution in [-0.2, 0) is 4.79 Å². The summed E-state index contributed by atoms with van der Waals surface area (Å²) in [7, 11) is 0. The zero-order valence-corrected chi connectivity index (χ0v) is 19.3. The monoisotopic (exact) mass is 472 g/mol. The average molecular weight is 473 g/mol. The molecule has 1 amide bonds. The molecule has 5 rings (SSSR count). The molecule has 4 heterocycles. The van der Waals surface area contributed by atoms with Crippen molar-refractivity contribution in [2.75, 3.05) is 26.2 Å². The quantitative estimate of drug-likeness (QED) is 0.587. The number of halogens is 2. The molecule has 1 aromatic carbocycles. The number of carbonyl (C=O) groups is 1. The fraction of sp³-hybridized carbons (Fsp3) is 0.478. The summed E-state index contributed by atoms with van der Waals surface area (Å²) in [4.78, 5) is 34.1. The Balaban J connectivity index is 1.18. The topological polar surface area (TPSA) is 78.0 Å². The van der Waals surface area contributed by atoms with E-state index >= 15 is 0 Å². The minimum Gasteiger partial charge on any atom is -0.340 e. The number of piperidine rings is 1. The molecule has 0 bridgehead atoms. The molecule has 2 aliphatic rings. The summed E-state index contributed by atoms with van der Waals surface area (Å²) < 4.78 is 0. The van der Waals surface area contributed by atoms with Crippen LogP contribution in [0.2, 0.25) is 10.0 Å². The molecule has 2 aromatic heterocycles. The Morgan fingerprint density at radius 2 is 1.91 bits per heavy atom. The molecule has 7 nitrogen and oxygen atoms in total. The van der Waals surface area contributed by atoms with Gasteiger partial charge in [-0.15, -0.1) is 0 Å². The highest BCUT2D eigenvalue weighted by molar-refractivity contribution is 6.42. The first-order valence-electron chi connectivity index (χ1n) is 11.2. The van der Waals surface area contributed by atoms with Crippen LogP contribution in [0.4, 0.5) is 0 Å². The van der Waals surface area contributed by atoms with E-state index in [0.29, 0.717) is 22.4 Å². The van der Waals surface area contributed by atoms with Gasteiger partial charge in [-0.25, -0.2) is 4.98 Å². The number of imidazole rings is 1. The van der Waals surface area contributed by atoms with E-state index in [0.717, 1.165) is 74.4 Å². The predicted molar refractivity (Wildman–Crippen MR) is 125 cm³/mol. The molecule has 0 saturated carbocycles. The summed E-state index contributed by atoms with van der Waals surface area (Å²) in [5.74, 6) is 1.47. The number of hydrogen-bond acceptors (Lipinski definition) is 5. The summed E-state index contributed by atoms with van der Waals surface area (Å²) in [5.41, 5.74) is 2.70. The maximum atomic E-state index is 13.1. The Morgan fingerprint density at radius 1 is 1.09 bits per heavy atom. The molecule has 0 spiro atoms. The average Bonchev–Trinajstić information content (AvgIpc) is 3.46. The first-order valence-corrected chi connectivity index (χ1v) is 12.0. The number of aromatic amines is 1. The van der Waals surface area contributed by atoms with E-state index in [2.05, 4.69) is 19.9 Å². The van der Waals surface area contributed by atoms with Gasteiger partial charge < -0.3 is 14.8 Å². The number of rotatable bonds is 5. The third-order valence-corrected chi connectivity index (χ3v) is 7.38. The van der Waals surface area contributed by atoms with Gasteiger partial charge in [0.05, 0.1) is 32.8 Å². The number of likely N-dealkylation sites (tertiary alicyclic amines) is 2. The second-order valence-corrected chi connectivity index (χ2v) is 9.46. The minimum absolute atomic E-state index is 0.0187. The summed E-state index contributed by atoms with van der Waals surface area (Å²) in [6.45, 7) is 3.55. The van der Waals surface area contributed by atoms with E-state index < -0.39 is 0 Å². The molecular weight excluding hydrogens is 447 g/mol. The highest BCUT2D eigenvalue weighted by Gasteiger charge is 2.32. The standard InChI is InChI=1S/C23H26Cl2N6O/c24-16-12-18-19(13-17(16)25)29-23(28-18)21-2-1-8-31(21)22(32)5-11-30-9-3-15(4-10-30)20-14-26-6-7-27-20/h6-7,12-15,21H,1-5,8-11H2,(H,28,29)/t21-/m0/s1. The van der Waals surface area contributed by atoms with Crippen LogP contribution < -0.4 is 0 Å². The second kappa shape index (κ2) is 9.33. The number of carbonyl (C=O) groups excluding carboxylic acids is 1. The van der Waals surface area contributed by atoms with E-state index in [-0.39, 0.29) is 11.9 Å². The van der Waals surface area contributed by atoms with Crippen molar-refractivity contribution in [3.63, 3.8) is 0 Å². The van der Waals surface area contributed by atoms with Gasteiger partial charge in [0.2, 0.25) is 5.91 Å². The number of benzene rings is 1. The predicted octanol–water partition coefficient (Wildman–Crippen LogP) is 4.59. The van der Waals surface area contributed by atoms with E-state index in [4.69, 9.17) is 28.2 Å². The Hall–Kier alpha value is -2.22. The zero-order chi connectivity index (χ0) is 22.1. The number of amides is 1. The molecule has 0 aliphatic carbocycles. The van der Waals surface area contributed by atoms with Gasteiger partial charge in [-0.05, 0) is 50.9 Å². The molecule has 32 heavy (non-hydrogen) atoms. The SMILES string of the molecule is O=C(CCN1CCC(c2cnccn2)CC1)N1CCC[C@H]1c1nc2cc(Cl)c(Cl)cc2[nH]1. The van der Waals surface area contributed by atoms with Crippen molar-refractivity contribution < 1.29 is 4.79 Å². The van der Waals surface area contributed by atoms with Crippen LogP contribution in [0.25, 0.3) is 11.0 Å². The number of hydrogen-bond donors (Lipinski definition) is 1. The summed E-state index contributed by atoms with van der Waals surface area (Å²) >= 11 is 12.3. The molecule has 1 atom stereocenters. The van der Waals surface area contributed by atoms with Crippen LogP contribution in [0, 0.1) is 0 Å².